The number of aryl methyl sites for hydroxylation is 1. The van der Waals surface area contributed by atoms with Gasteiger partial charge in [0.25, 0.3) is 5.91 Å². The number of anilines is 1. The number of amides is 2. The van der Waals surface area contributed by atoms with Crippen molar-refractivity contribution in [3.05, 3.63) is 84.2 Å². The summed E-state index contributed by atoms with van der Waals surface area (Å²) >= 11 is 0. The van der Waals surface area contributed by atoms with Gasteiger partial charge in [0.2, 0.25) is 5.91 Å². The van der Waals surface area contributed by atoms with Gasteiger partial charge in [0, 0.05) is 31.4 Å². The molecule has 200 valence electrons. The third-order valence-electron chi connectivity index (χ3n) is 8.18. The lowest BCUT2D eigenvalue weighted by atomic mass is 9.85. The number of piperidine rings is 1. The Hall–Kier alpha value is -3.45. The van der Waals surface area contributed by atoms with Crippen LogP contribution in [0.4, 0.5) is 5.69 Å². The van der Waals surface area contributed by atoms with Gasteiger partial charge in [-0.25, -0.2) is 0 Å². The number of nitrogens with zero attached hydrogens (tertiary/aromatic N) is 4. The molecule has 2 amide bonds. The predicted octanol–water partition coefficient (Wildman–Crippen LogP) is 4.80. The Morgan fingerprint density at radius 2 is 1.61 bits per heavy atom. The lowest BCUT2D eigenvalue weighted by Gasteiger charge is -2.43. The molecule has 38 heavy (non-hydrogen) atoms. The number of nitrogens with one attached hydrogen (secondary N) is 1. The van der Waals surface area contributed by atoms with E-state index in [-0.39, 0.29) is 17.7 Å². The van der Waals surface area contributed by atoms with Gasteiger partial charge in [-0.1, -0.05) is 67.8 Å². The highest BCUT2D eigenvalue weighted by atomic mass is 16.2. The topological polar surface area (TPSA) is 70.5 Å². The van der Waals surface area contributed by atoms with Crippen LogP contribution in [0.25, 0.3) is 0 Å². The number of benzene rings is 2. The van der Waals surface area contributed by atoms with E-state index in [2.05, 4.69) is 15.3 Å². The van der Waals surface area contributed by atoms with Crippen LogP contribution in [0.15, 0.2) is 73.1 Å². The molecule has 1 saturated heterocycles. The zero-order chi connectivity index (χ0) is 26.3. The highest BCUT2D eigenvalue weighted by molar-refractivity contribution is 6.09. The standard InChI is InChI=1S/C31H39N5O2/c1-34-23-28(22-33-34)36(31(38)26-13-7-3-8-14-26)29(30(37)32-21-24-11-5-2-6-12-24)25-17-19-35(20-18-25)27-15-9-4-10-16-27/h2-3,5-8,11-14,22-23,25,27,29H,4,9-10,15-21H2,1H3,(H,32,37). The largest absolute Gasteiger partial charge is 0.350 e. The second kappa shape index (κ2) is 12.4. The maximum absolute atomic E-state index is 14.0. The van der Waals surface area contributed by atoms with Crippen LogP contribution < -0.4 is 10.2 Å². The zero-order valence-corrected chi connectivity index (χ0v) is 22.3. The van der Waals surface area contributed by atoms with Gasteiger partial charge in [-0.15, -0.1) is 0 Å². The van der Waals surface area contributed by atoms with Crippen LogP contribution >= 0.6 is 0 Å². The van der Waals surface area contributed by atoms with Gasteiger partial charge < -0.3 is 10.2 Å². The summed E-state index contributed by atoms with van der Waals surface area (Å²) in [4.78, 5) is 32.4. The van der Waals surface area contributed by atoms with Crippen LogP contribution in [0.2, 0.25) is 0 Å². The Balaban J connectivity index is 1.43. The Morgan fingerprint density at radius 1 is 0.947 bits per heavy atom. The van der Waals surface area contributed by atoms with Crippen LogP contribution in [-0.2, 0) is 18.4 Å². The van der Waals surface area contributed by atoms with Crippen LogP contribution in [-0.4, -0.2) is 51.7 Å². The van der Waals surface area contributed by atoms with E-state index in [1.807, 2.05) is 73.9 Å². The van der Waals surface area contributed by atoms with Crippen molar-refractivity contribution in [1.82, 2.24) is 20.0 Å². The number of hydrogen-bond donors (Lipinski definition) is 1. The molecule has 1 aromatic heterocycles. The van der Waals surface area contributed by atoms with Gasteiger partial charge in [-0.2, -0.15) is 5.10 Å². The predicted molar refractivity (Wildman–Crippen MR) is 150 cm³/mol. The molecule has 2 aromatic carbocycles. The summed E-state index contributed by atoms with van der Waals surface area (Å²) < 4.78 is 1.69. The van der Waals surface area contributed by atoms with Crippen LogP contribution in [0.1, 0.15) is 60.9 Å². The van der Waals surface area contributed by atoms with Crippen LogP contribution in [0.3, 0.4) is 0 Å². The average molecular weight is 514 g/mol. The van der Waals surface area contributed by atoms with Crippen molar-refractivity contribution < 1.29 is 9.59 Å². The zero-order valence-electron chi connectivity index (χ0n) is 22.3. The molecule has 1 unspecified atom stereocenters. The Labute approximate surface area is 225 Å². The highest BCUT2D eigenvalue weighted by Crippen LogP contribution is 2.32. The third kappa shape index (κ3) is 6.16. The first-order valence-electron chi connectivity index (χ1n) is 14.0. The van der Waals surface area contributed by atoms with Gasteiger partial charge in [0.05, 0.1) is 11.9 Å². The molecule has 3 aromatic rings. The fourth-order valence-corrected chi connectivity index (χ4v) is 6.13. The fourth-order valence-electron chi connectivity index (χ4n) is 6.13. The molecule has 2 heterocycles. The molecule has 7 heteroatoms. The van der Waals surface area contributed by atoms with Gasteiger partial charge in [0.1, 0.15) is 6.04 Å². The van der Waals surface area contributed by atoms with E-state index in [1.165, 1.54) is 32.1 Å². The first-order valence-corrected chi connectivity index (χ1v) is 14.0. The molecule has 1 N–H and O–H groups in total. The molecule has 1 atom stereocenters. The summed E-state index contributed by atoms with van der Waals surface area (Å²) in [6.45, 7) is 2.37. The minimum absolute atomic E-state index is 0.0542. The molecule has 0 bridgehead atoms. The highest BCUT2D eigenvalue weighted by Gasteiger charge is 2.40. The van der Waals surface area contributed by atoms with Gasteiger partial charge in [-0.3, -0.25) is 19.2 Å². The molecule has 0 radical (unpaired) electrons. The number of rotatable bonds is 8. The molecule has 0 spiro atoms. The number of carbonyl (C=O) groups excluding carboxylic acids is 2. The number of carbonyl (C=O) groups is 2. The van der Waals surface area contributed by atoms with E-state index in [0.29, 0.717) is 23.8 Å². The quantitative estimate of drug-likeness (QED) is 0.470. The van der Waals surface area contributed by atoms with Gasteiger partial charge in [0.15, 0.2) is 0 Å². The molecule has 7 nitrogen and oxygen atoms in total. The molecule has 5 rings (SSSR count). The summed E-state index contributed by atoms with van der Waals surface area (Å²) in [5, 5.41) is 7.51. The van der Waals surface area contributed by atoms with E-state index in [0.717, 1.165) is 31.5 Å². The van der Waals surface area contributed by atoms with E-state index < -0.39 is 6.04 Å². The summed E-state index contributed by atoms with van der Waals surface area (Å²) in [6.07, 6.45) is 11.8. The van der Waals surface area contributed by atoms with Gasteiger partial charge >= 0.3 is 0 Å². The minimum Gasteiger partial charge on any atom is -0.350 e. The Kier molecular flexibility index (Phi) is 8.54. The molecule has 2 aliphatic rings. The van der Waals surface area contributed by atoms with Crippen molar-refractivity contribution >= 4 is 17.5 Å². The maximum Gasteiger partial charge on any atom is 0.259 e. The summed E-state index contributed by atoms with van der Waals surface area (Å²) in [6, 6.07) is 19.2. The number of likely N-dealkylation sites (tertiary alicyclic amines) is 1. The Morgan fingerprint density at radius 3 is 2.24 bits per heavy atom. The lowest BCUT2D eigenvalue weighted by molar-refractivity contribution is -0.124. The minimum atomic E-state index is -0.621. The average Bonchev–Trinajstić information content (AvgIpc) is 3.41. The first kappa shape index (κ1) is 26.2. The van der Waals surface area contributed by atoms with Crippen molar-refractivity contribution in [1.29, 1.82) is 0 Å². The summed E-state index contributed by atoms with van der Waals surface area (Å²) in [5.74, 6) is -0.232. The summed E-state index contributed by atoms with van der Waals surface area (Å²) in [7, 11) is 1.84. The van der Waals surface area contributed by atoms with E-state index in [4.69, 9.17) is 0 Å². The SMILES string of the molecule is Cn1cc(N(C(=O)c2ccccc2)C(C(=O)NCc2ccccc2)C2CCN(C3CCCCC3)CC2)cn1. The summed E-state index contributed by atoms with van der Waals surface area (Å²) in [5.41, 5.74) is 2.25. The van der Waals surface area contributed by atoms with Crippen molar-refractivity contribution in [3.8, 4) is 0 Å². The lowest BCUT2D eigenvalue weighted by Crippen LogP contribution is -2.56. The monoisotopic (exact) mass is 513 g/mol. The van der Waals surface area contributed by atoms with Crippen molar-refractivity contribution in [2.75, 3.05) is 18.0 Å². The van der Waals surface area contributed by atoms with Crippen molar-refractivity contribution in [3.63, 3.8) is 0 Å². The first-order chi connectivity index (χ1) is 18.6. The van der Waals surface area contributed by atoms with Crippen molar-refractivity contribution in [2.24, 2.45) is 13.0 Å². The second-order valence-corrected chi connectivity index (χ2v) is 10.7. The number of aromatic nitrogens is 2. The molecule has 1 saturated carbocycles. The molecule has 2 fully saturated rings. The van der Waals surface area contributed by atoms with Crippen LogP contribution in [0.5, 0.6) is 0 Å². The molecule has 1 aliphatic carbocycles. The van der Waals surface area contributed by atoms with Crippen molar-refractivity contribution in [2.45, 2.75) is 63.6 Å². The third-order valence-corrected chi connectivity index (χ3v) is 8.18. The molecule has 1 aliphatic heterocycles. The van der Waals surface area contributed by atoms with E-state index in [1.54, 1.807) is 15.8 Å². The molecular weight excluding hydrogens is 474 g/mol. The van der Waals surface area contributed by atoms with Gasteiger partial charge in [-0.05, 0) is 62.4 Å². The van der Waals surface area contributed by atoms with Crippen LogP contribution in [0, 0.1) is 5.92 Å². The Bertz CT molecular complexity index is 1180. The normalized spacial score (nSPS) is 18.1. The fraction of sp³-hybridized carbons (Fsp3) is 0.452. The van der Waals surface area contributed by atoms with E-state index >= 15 is 0 Å². The number of hydrogen-bond acceptors (Lipinski definition) is 4. The van der Waals surface area contributed by atoms with E-state index in [9.17, 15) is 9.59 Å². The molecular formula is C31H39N5O2. The second-order valence-electron chi connectivity index (χ2n) is 10.7. The smallest absolute Gasteiger partial charge is 0.259 e. The maximum atomic E-state index is 14.0.